The molecule has 0 aliphatic heterocycles. The standard InChI is InChI=1S/C10H13ClN2O2/c1-6-4-9(14)8(5-7(6)11)12-10(15)13(2)3/h4-5,14H,1-3H3,(H,12,15). The van der Waals surface area contributed by atoms with Gasteiger partial charge in [-0.2, -0.15) is 0 Å². The van der Waals surface area contributed by atoms with E-state index < -0.39 is 0 Å². The van der Waals surface area contributed by atoms with Crippen molar-refractivity contribution in [2.75, 3.05) is 19.4 Å². The quantitative estimate of drug-likeness (QED) is 0.726. The molecule has 0 unspecified atom stereocenters. The van der Waals surface area contributed by atoms with Crippen molar-refractivity contribution in [2.24, 2.45) is 0 Å². The van der Waals surface area contributed by atoms with E-state index in [4.69, 9.17) is 11.6 Å². The fourth-order valence-corrected chi connectivity index (χ4v) is 1.16. The normalized spacial score (nSPS) is 9.87. The number of nitrogens with zero attached hydrogens (tertiary/aromatic N) is 1. The molecule has 0 radical (unpaired) electrons. The number of aryl methyl sites for hydroxylation is 1. The summed E-state index contributed by atoms with van der Waals surface area (Å²) in [6, 6.07) is 2.71. The zero-order valence-electron chi connectivity index (χ0n) is 8.84. The molecule has 0 atom stereocenters. The van der Waals surface area contributed by atoms with Gasteiger partial charge in [0.1, 0.15) is 5.75 Å². The second-order valence-corrected chi connectivity index (χ2v) is 3.85. The third-order valence-corrected chi connectivity index (χ3v) is 2.33. The molecule has 1 aromatic rings. The van der Waals surface area contributed by atoms with Gasteiger partial charge in [0.05, 0.1) is 5.69 Å². The number of nitrogens with one attached hydrogen (secondary N) is 1. The fourth-order valence-electron chi connectivity index (χ4n) is 0.993. The van der Waals surface area contributed by atoms with Gasteiger partial charge in [-0.1, -0.05) is 11.6 Å². The first-order valence-corrected chi connectivity index (χ1v) is 4.77. The molecule has 0 saturated heterocycles. The van der Waals surface area contributed by atoms with Crippen molar-refractivity contribution < 1.29 is 9.90 Å². The smallest absolute Gasteiger partial charge is 0.321 e. The molecule has 82 valence electrons. The summed E-state index contributed by atoms with van der Waals surface area (Å²) >= 11 is 5.87. The largest absolute Gasteiger partial charge is 0.506 e. The maximum Gasteiger partial charge on any atom is 0.321 e. The number of phenolic OH excluding ortho intramolecular Hbond substituents is 1. The first kappa shape index (κ1) is 11.7. The maximum atomic E-state index is 11.3. The summed E-state index contributed by atoms with van der Waals surface area (Å²) in [6.45, 7) is 1.78. The monoisotopic (exact) mass is 228 g/mol. The molecule has 0 fully saturated rings. The van der Waals surface area contributed by atoms with Crippen LogP contribution in [0.25, 0.3) is 0 Å². The van der Waals surface area contributed by atoms with Gasteiger partial charge in [-0.05, 0) is 24.6 Å². The average Bonchev–Trinajstić information content (AvgIpc) is 2.13. The Morgan fingerprint density at radius 2 is 2.07 bits per heavy atom. The van der Waals surface area contributed by atoms with Gasteiger partial charge in [-0.15, -0.1) is 0 Å². The van der Waals surface area contributed by atoms with E-state index in [-0.39, 0.29) is 11.8 Å². The number of benzene rings is 1. The Bertz CT molecular complexity index is 391. The number of carbonyl (C=O) groups excluding carboxylic acids is 1. The van der Waals surface area contributed by atoms with Crippen LogP contribution in [0.15, 0.2) is 12.1 Å². The van der Waals surface area contributed by atoms with Crippen LogP contribution in [0.4, 0.5) is 10.5 Å². The number of halogens is 1. The Balaban J connectivity index is 2.96. The highest BCUT2D eigenvalue weighted by Gasteiger charge is 2.09. The van der Waals surface area contributed by atoms with Gasteiger partial charge in [0.25, 0.3) is 0 Å². The summed E-state index contributed by atoms with van der Waals surface area (Å²) in [5.41, 5.74) is 1.07. The lowest BCUT2D eigenvalue weighted by atomic mass is 10.2. The SMILES string of the molecule is Cc1cc(O)c(NC(=O)N(C)C)cc1Cl. The molecular formula is C10H13ClN2O2. The third kappa shape index (κ3) is 2.76. The molecule has 15 heavy (non-hydrogen) atoms. The van der Waals surface area contributed by atoms with Crippen LogP contribution in [0.2, 0.25) is 5.02 Å². The van der Waals surface area contributed by atoms with Crippen molar-refractivity contribution in [3.8, 4) is 5.75 Å². The van der Waals surface area contributed by atoms with Gasteiger partial charge in [-0.3, -0.25) is 0 Å². The predicted octanol–water partition coefficient (Wildman–Crippen LogP) is 2.45. The lowest BCUT2D eigenvalue weighted by Gasteiger charge is -2.13. The first-order valence-electron chi connectivity index (χ1n) is 4.39. The Labute approximate surface area is 93.5 Å². The van der Waals surface area contributed by atoms with Gasteiger partial charge in [0.2, 0.25) is 0 Å². The molecule has 0 aliphatic rings. The van der Waals surface area contributed by atoms with E-state index in [2.05, 4.69) is 5.32 Å². The van der Waals surface area contributed by atoms with Crippen molar-refractivity contribution >= 4 is 23.3 Å². The minimum absolute atomic E-state index is 0.00657. The highest BCUT2D eigenvalue weighted by atomic mass is 35.5. The summed E-state index contributed by atoms with van der Waals surface area (Å²) in [4.78, 5) is 12.7. The van der Waals surface area contributed by atoms with Crippen molar-refractivity contribution in [3.63, 3.8) is 0 Å². The Hall–Kier alpha value is -1.42. The van der Waals surface area contributed by atoms with Crippen molar-refractivity contribution in [2.45, 2.75) is 6.92 Å². The van der Waals surface area contributed by atoms with Crippen LogP contribution >= 0.6 is 11.6 Å². The second kappa shape index (κ2) is 4.40. The summed E-state index contributed by atoms with van der Waals surface area (Å²) in [5, 5.41) is 12.6. The van der Waals surface area contributed by atoms with E-state index in [0.717, 1.165) is 5.56 Å². The molecule has 1 aromatic carbocycles. The zero-order chi connectivity index (χ0) is 11.6. The Morgan fingerprint density at radius 3 is 2.60 bits per heavy atom. The van der Waals surface area contributed by atoms with Crippen molar-refractivity contribution in [1.29, 1.82) is 0 Å². The topological polar surface area (TPSA) is 52.6 Å². The minimum atomic E-state index is -0.315. The van der Waals surface area contributed by atoms with Gasteiger partial charge >= 0.3 is 6.03 Å². The Kier molecular flexibility index (Phi) is 3.42. The van der Waals surface area contributed by atoms with Crippen LogP contribution in [0, 0.1) is 6.92 Å². The van der Waals surface area contributed by atoms with Crippen LogP contribution in [0.3, 0.4) is 0 Å². The molecule has 2 amide bonds. The molecule has 0 aromatic heterocycles. The van der Waals surface area contributed by atoms with E-state index in [9.17, 15) is 9.90 Å². The van der Waals surface area contributed by atoms with Crippen LogP contribution in [-0.2, 0) is 0 Å². The third-order valence-electron chi connectivity index (χ3n) is 1.92. The number of hydrogen-bond donors (Lipinski definition) is 2. The molecule has 0 saturated carbocycles. The van der Waals surface area contributed by atoms with Gasteiger partial charge in [-0.25, -0.2) is 4.79 Å². The van der Waals surface area contributed by atoms with E-state index in [1.807, 2.05) is 0 Å². The van der Waals surface area contributed by atoms with Crippen molar-refractivity contribution in [3.05, 3.63) is 22.7 Å². The van der Waals surface area contributed by atoms with Gasteiger partial charge < -0.3 is 15.3 Å². The van der Waals surface area contributed by atoms with Crippen LogP contribution in [0.5, 0.6) is 5.75 Å². The number of rotatable bonds is 1. The number of urea groups is 1. The number of amides is 2. The molecule has 0 bridgehead atoms. The molecule has 5 heteroatoms. The summed E-state index contributed by atoms with van der Waals surface area (Å²) in [5.74, 6) is 0.00657. The summed E-state index contributed by atoms with van der Waals surface area (Å²) < 4.78 is 0. The highest BCUT2D eigenvalue weighted by molar-refractivity contribution is 6.31. The van der Waals surface area contributed by atoms with Gasteiger partial charge in [0.15, 0.2) is 0 Å². The highest BCUT2D eigenvalue weighted by Crippen LogP contribution is 2.29. The first-order chi connectivity index (χ1) is 6.91. The zero-order valence-corrected chi connectivity index (χ0v) is 9.59. The molecule has 2 N–H and O–H groups in total. The van der Waals surface area contributed by atoms with E-state index in [1.54, 1.807) is 21.0 Å². The molecule has 4 nitrogen and oxygen atoms in total. The van der Waals surface area contributed by atoms with Crippen molar-refractivity contribution in [1.82, 2.24) is 4.90 Å². The number of hydrogen-bond acceptors (Lipinski definition) is 2. The lowest BCUT2D eigenvalue weighted by Crippen LogP contribution is -2.27. The second-order valence-electron chi connectivity index (χ2n) is 3.44. The molecule has 0 aliphatic carbocycles. The fraction of sp³-hybridized carbons (Fsp3) is 0.300. The van der Waals surface area contributed by atoms with Crippen LogP contribution in [-0.4, -0.2) is 30.1 Å². The lowest BCUT2D eigenvalue weighted by molar-refractivity contribution is 0.230. The van der Waals surface area contributed by atoms with E-state index >= 15 is 0 Å². The molecular weight excluding hydrogens is 216 g/mol. The number of anilines is 1. The number of carbonyl (C=O) groups is 1. The van der Waals surface area contributed by atoms with E-state index in [0.29, 0.717) is 10.7 Å². The van der Waals surface area contributed by atoms with Gasteiger partial charge in [0, 0.05) is 19.1 Å². The predicted molar refractivity (Wildman–Crippen MR) is 60.6 cm³/mol. The molecule has 0 heterocycles. The summed E-state index contributed by atoms with van der Waals surface area (Å²) in [6.07, 6.45) is 0. The van der Waals surface area contributed by atoms with Crippen LogP contribution < -0.4 is 5.32 Å². The number of aromatic hydroxyl groups is 1. The maximum absolute atomic E-state index is 11.3. The average molecular weight is 229 g/mol. The summed E-state index contributed by atoms with van der Waals surface area (Å²) in [7, 11) is 3.23. The van der Waals surface area contributed by atoms with E-state index in [1.165, 1.54) is 17.0 Å². The number of phenols is 1. The molecule has 1 rings (SSSR count). The Morgan fingerprint density at radius 1 is 1.47 bits per heavy atom. The minimum Gasteiger partial charge on any atom is -0.506 e. The molecule has 0 spiro atoms. The van der Waals surface area contributed by atoms with Crippen LogP contribution in [0.1, 0.15) is 5.56 Å².